The molecule has 5 nitrogen and oxygen atoms in total. The fraction of sp³-hybridized carbons (Fsp3) is 0.909. The number of aliphatic hydroxyl groups is 1. The standard InChI is InChI=1S/C11H21N3O2/c1-13-5-2-11(16,9-13)8-10(15)14-6-3-12-4-7-14/h12,16H,2-9H2,1H3. The van der Waals surface area contributed by atoms with Crippen LogP contribution in [0.15, 0.2) is 0 Å². The van der Waals surface area contributed by atoms with Crippen LogP contribution in [0.5, 0.6) is 0 Å². The summed E-state index contributed by atoms with van der Waals surface area (Å²) in [6, 6.07) is 0. The smallest absolute Gasteiger partial charge is 0.225 e. The van der Waals surface area contributed by atoms with Gasteiger partial charge in [-0.15, -0.1) is 0 Å². The van der Waals surface area contributed by atoms with Gasteiger partial charge in [0.2, 0.25) is 5.91 Å². The first-order chi connectivity index (χ1) is 7.59. The molecule has 0 aromatic rings. The number of piperazine rings is 1. The Morgan fingerprint density at radius 3 is 2.62 bits per heavy atom. The number of carbonyl (C=O) groups excluding carboxylic acids is 1. The lowest BCUT2D eigenvalue weighted by Gasteiger charge is -2.30. The molecule has 0 aliphatic carbocycles. The van der Waals surface area contributed by atoms with E-state index in [2.05, 4.69) is 10.2 Å². The summed E-state index contributed by atoms with van der Waals surface area (Å²) in [4.78, 5) is 15.9. The van der Waals surface area contributed by atoms with Gasteiger partial charge in [0.25, 0.3) is 0 Å². The Morgan fingerprint density at radius 2 is 2.06 bits per heavy atom. The van der Waals surface area contributed by atoms with Gasteiger partial charge in [-0.3, -0.25) is 4.79 Å². The number of amides is 1. The van der Waals surface area contributed by atoms with Crippen molar-refractivity contribution in [2.24, 2.45) is 0 Å². The van der Waals surface area contributed by atoms with E-state index in [0.717, 1.165) is 32.7 Å². The highest BCUT2D eigenvalue weighted by Gasteiger charge is 2.37. The third-order valence-corrected chi connectivity index (χ3v) is 3.47. The van der Waals surface area contributed by atoms with Crippen molar-refractivity contribution >= 4 is 5.91 Å². The topological polar surface area (TPSA) is 55.8 Å². The van der Waals surface area contributed by atoms with Gasteiger partial charge in [0.15, 0.2) is 0 Å². The van der Waals surface area contributed by atoms with Crippen LogP contribution >= 0.6 is 0 Å². The maximum absolute atomic E-state index is 12.0. The highest BCUT2D eigenvalue weighted by molar-refractivity contribution is 5.77. The summed E-state index contributed by atoms with van der Waals surface area (Å²) in [6.45, 7) is 4.76. The first kappa shape index (κ1) is 11.8. The number of β-amino-alcohol motifs (C(OH)–C–C–N with tert-alkyl or cyclic N) is 1. The van der Waals surface area contributed by atoms with E-state index in [1.807, 2.05) is 11.9 Å². The highest BCUT2D eigenvalue weighted by Crippen LogP contribution is 2.24. The lowest BCUT2D eigenvalue weighted by molar-refractivity contribution is -0.136. The predicted molar refractivity (Wildman–Crippen MR) is 61.1 cm³/mol. The largest absolute Gasteiger partial charge is 0.388 e. The van der Waals surface area contributed by atoms with Crippen LogP contribution in [-0.4, -0.2) is 72.7 Å². The molecule has 2 aliphatic rings. The van der Waals surface area contributed by atoms with E-state index in [4.69, 9.17) is 0 Å². The molecule has 0 aromatic heterocycles. The van der Waals surface area contributed by atoms with Crippen molar-refractivity contribution in [1.82, 2.24) is 15.1 Å². The van der Waals surface area contributed by atoms with Crippen molar-refractivity contribution < 1.29 is 9.90 Å². The van der Waals surface area contributed by atoms with Gasteiger partial charge in [0.1, 0.15) is 0 Å². The minimum atomic E-state index is -0.795. The summed E-state index contributed by atoms with van der Waals surface area (Å²) >= 11 is 0. The van der Waals surface area contributed by atoms with Crippen LogP contribution in [-0.2, 0) is 4.79 Å². The fourth-order valence-electron chi connectivity index (χ4n) is 2.51. The fourth-order valence-corrected chi connectivity index (χ4v) is 2.51. The van der Waals surface area contributed by atoms with E-state index in [1.165, 1.54) is 0 Å². The van der Waals surface area contributed by atoms with E-state index in [0.29, 0.717) is 13.0 Å². The van der Waals surface area contributed by atoms with Gasteiger partial charge < -0.3 is 20.2 Å². The number of nitrogens with one attached hydrogen (secondary N) is 1. The number of hydrogen-bond acceptors (Lipinski definition) is 4. The Balaban J connectivity index is 1.86. The molecule has 1 unspecified atom stereocenters. The second-order valence-electron chi connectivity index (χ2n) is 5.02. The van der Waals surface area contributed by atoms with Crippen molar-refractivity contribution in [3.8, 4) is 0 Å². The van der Waals surface area contributed by atoms with E-state index in [9.17, 15) is 9.90 Å². The molecule has 2 saturated heterocycles. The van der Waals surface area contributed by atoms with Crippen LogP contribution in [0.25, 0.3) is 0 Å². The summed E-state index contributed by atoms with van der Waals surface area (Å²) in [7, 11) is 1.98. The van der Waals surface area contributed by atoms with Crippen LogP contribution in [0.2, 0.25) is 0 Å². The molecule has 2 rings (SSSR count). The molecule has 2 fully saturated rings. The average Bonchev–Trinajstić information content (AvgIpc) is 2.59. The van der Waals surface area contributed by atoms with Gasteiger partial charge in [-0.05, 0) is 13.5 Å². The monoisotopic (exact) mass is 227 g/mol. The predicted octanol–water partition coefficient (Wildman–Crippen LogP) is -1.13. The highest BCUT2D eigenvalue weighted by atomic mass is 16.3. The molecule has 2 N–H and O–H groups in total. The number of hydrogen-bond donors (Lipinski definition) is 2. The molecule has 2 heterocycles. The normalized spacial score (nSPS) is 32.0. The summed E-state index contributed by atoms with van der Waals surface area (Å²) in [5.41, 5.74) is -0.795. The molecule has 0 aromatic carbocycles. The number of nitrogens with zero attached hydrogens (tertiary/aromatic N) is 2. The second-order valence-corrected chi connectivity index (χ2v) is 5.02. The first-order valence-corrected chi connectivity index (χ1v) is 5.98. The lowest BCUT2D eigenvalue weighted by Crippen LogP contribution is -2.49. The van der Waals surface area contributed by atoms with Gasteiger partial charge in [-0.1, -0.05) is 0 Å². The quantitative estimate of drug-likeness (QED) is 0.627. The molecular formula is C11H21N3O2. The molecule has 16 heavy (non-hydrogen) atoms. The van der Waals surface area contributed by atoms with Crippen LogP contribution in [0, 0.1) is 0 Å². The maximum Gasteiger partial charge on any atom is 0.225 e. The van der Waals surface area contributed by atoms with Gasteiger partial charge in [0.05, 0.1) is 12.0 Å². The summed E-state index contributed by atoms with van der Waals surface area (Å²) in [5.74, 6) is 0.0966. The number of carbonyl (C=O) groups is 1. The van der Waals surface area contributed by atoms with Crippen molar-refractivity contribution in [1.29, 1.82) is 0 Å². The molecule has 0 saturated carbocycles. The summed E-state index contributed by atoms with van der Waals surface area (Å²) in [6.07, 6.45) is 0.985. The maximum atomic E-state index is 12.0. The Morgan fingerprint density at radius 1 is 1.38 bits per heavy atom. The van der Waals surface area contributed by atoms with Gasteiger partial charge in [-0.25, -0.2) is 0 Å². The Bertz CT molecular complexity index is 266. The SMILES string of the molecule is CN1CCC(O)(CC(=O)N2CCNCC2)C1. The number of likely N-dealkylation sites (N-methyl/N-ethyl adjacent to an activating group) is 1. The van der Waals surface area contributed by atoms with Crippen molar-refractivity contribution in [3.05, 3.63) is 0 Å². The van der Waals surface area contributed by atoms with Gasteiger partial charge >= 0.3 is 0 Å². The molecule has 0 spiro atoms. The zero-order valence-electron chi connectivity index (χ0n) is 9.91. The van der Waals surface area contributed by atoms with Crippen LogP contribution in [0.4, 0.5) is 0 Å². The van der Waals surface area contributed by atoms with E-state index < -0.39 is 5.60 Å². The molecule has 5 heteroatoms. The molecule has 0 radical (unpaired) electrons. The molecule has 0 bridgehead atoms. The van der Waals surface area contributed by atoms with Crippen molar-refractivity contribution in [3.63, 3.8) is 0 Å². The first-order valence-electron chi connectivity index (χ1n) is 5.98. The van der Waals surface area contributed by atoms with Crippen LogP contribution in [0.1, 0.15) is 12.8 Å². The molecular weight excluding hydrogens is 206 g/mol. The second kappa shape index (κ2) is 4.69. The third kappa shape index (κ3) is 2.72. The Labute approximate surface area is 96.4 Å². The van der Waals surface area contributed by atoms with Gasteiger partial charge in [0, 0.05) is 39.3 Å². The number of likely N-dealkylation sites (tertiary alicyclic amines) is 1. The minimum Gasteiger partial charge on any atom is -0.388 e. The van der Waals surface area contributed by atoms with Crippen molar-refractivity contribution in [2.75, 3.05) is 46.3 Å². The third-order valence-electron chi connectivity index (χ3n) is 3.47. The van der Waals surface area contributed by atoms with Crippen molar-refractivity contribution in [2.45, 2.75) is 18.4 Å². The van der Waals surface area contributed by atoms with E-state index in [-0.39, 0.29) is 12.3 Å². The van der Waals surface area contributed by atoms with E-state index in [1.54, 1.807) is 0 Å². The zero-order chi connectivity index (χ0) is 11.6. The molecule has 1 amide bonds. The van der Waals surface area contributed by atoms with E-state index >= 15 is 0 Å². The zero-order valence-corrected chi connectivity index (χ0v) is 9.91. The molecule has 1 atom stereocenters. The van der Waals surface area contributed by atoms with Crippen LogP contribution < -0.4 is 5.32 Å². The average molecular weight is 227 g/mol. The summed E-state index contributed by atoms with van der Waals surface area (Å²) in [5, 5.41) is 13.5. The van der Waals surface area contributed by atoms with Gasteiger partial charge in [-0.2, -0.15) is 0 Å². The molecule has 92 valence electrons. The van der Waals surface area contributed by atoms with Crippen LogP contribution in [0.3, 0.4) is 0 Å². The minimum absolute atomic E-state index is 0.0966. The lowest BCUT2D eigenvalue weighted by atomic mass is 9.98. The number of rotatable bonds is 2. The molecule has 2 aliphatic heterocycles. The Kier molecular flexibility index (Phi) is 3.47. The summed E-state index contributed by atoms with van der Waals surface area (Å²) < 4.78 is 0. The Hall–Kier alpha value is -0.650.